The van der Waals surface area contributed by atoms with E-state index in [9.17, 15) is 0 Å². The monoisotopic (exact) mass is 69.0 g/mol. The van der Waals surface area contributed by atoms with E-state index in [0.29, 0.717) is 0 Å². The standard InChI is InChI=1S/Al.N3/c;1-3-2/q+1;-1. The second-order valence-corrected chi connectivity index (χ2v) is 0.436. The van der Waals surface area contributed by atoms with Crippen LogP contribution in [0, 0.1) is 0 Å². The van der Waals surface area contributed by atoms with Gasteiger partial charge in [-0.25, -0.2) is 4.10 Å². The minimum Gasteiger partial charge on any atom is -0.232 e. The zero-order valence-corrected chi connectivity index (χ0v) is 3.07. The number of hydrogen-bond donors (Lipinski definition) is 0. The van der Waals surface area contributed by atoms with Gasteiger partial charge in [0.15, 0.2) is 0 Å². The Hall–Kier alpha value is -0.158. The van der Waals surface area contributed by atoms with Crippen molar-refractivity contribution in [3.05, 3.63) is 10.4 Å². The number of hydrogen-bond acceptors (Lipinski definition) is 1. The summed E-state index contributed by atoms with van der Waals surface area (Å²) in [6.07, 6.45) is 0. The predicted octanol–water partition coefficient (Wildman–Crippen LogP) is 0.380. The molecule has 0 rings (SSSR count). The van der Waals surface area contributed by atoms with E-state index in [2.05, 4.69) is 9.01 Å². The van der Waals surface area contributed by atoms with Gasteiger partial charge in [0.25, 0.3) is 16.5 Å². The lowest BCUT2D eigenvalue weighted by Crippen LogP contribution is -1.30. The molecule has 0 amide bonds. The molecule has 0 saturated heterocycles. The van der Waals surface area contributed by atoms with Crippen LogP contribution in [0.15, 0.2) is 4.10 Å². The molecule has 18 valence electrons. The average Bonchev–Trinajstić information content (AvgIpc) is 1.37. The third-order valence-corrected chi connectivity index (χ3v) is 0.155. The van der Waals surface area contributed by atoms with Gasteiger partial charge in [-0.2, -0.15) is 0 Å². The lowest BCUT2D eigenvalue weighted by Gasteiger charge is -1.36. The van der Waals surface area contributed by atoms with Crippen molar-refractivity contribution in [3.8, 4) is 0 Å². The van der Waals surface area contributed by atoms with Crippen molar-refractivity contribution in [2.24, 2.45) is 4.10 Å². The normalized spacial score (nSPS) is 4.00. The van der Waals surface area contributed by atoms with Crippen molar-refractivity contribution in [2.75, 3.05) is 0 Å². The summed E-state index contributed by atoms with van der Waals surface area (Å²) in [5.74, 6) is 0. The minimum atomic E-state index is 1.86. The van der Waals surface area contributed by atoms with Gasteiger partial charge in [-0.05, 0) is 10.4 Å². The van der Waals surface area contributed by atoms with Crippen molar-refractivity contribution >= 4 is 16.5 Å². The van der Waals surface area contributed by atoms with Gasteiger partial charge in [0, 0.05) is 0 Å². The molecule has 4 heteroatoms. The Morgan fingerprint density at radius 3 is 2.25 bits per heavy atom. The van der Waals surface area contributed by atoms with E-state index in [1.165, 1.54) is 0 Å². The molecule has 0 aromatic heterocycles. The molecule has 3 nitrogen and oxygen atoms in total. The fraction of sp³-hybridized carbons (Fsp3) is 0. The highest BCUT2D eigenvalue weighted by atomic mass is 27.1. The summed E-state index contributed by atoms with van der Waals surface area (Å²) < 4.78 is 2.83. The molecule has 0 spiro atoms. The quantitative estimate of drug-likeness (QED) is 0.171. The summed E-state index contributed by atoms with van der Waals surface area (Å²) in [6, 6.07) is 0. The largest absolute Gasteiger partial charge is 0.256 e. The molecule has 0 unspecified atom stereocenters. The minimum absolute atomic E-state index is 1.86. The van der Waals surface area contributed by atoms with Crippen molar-refractivity contribution in [1.29, 1.82) is 0 Å². The van der Waals surface area contributed by atoms with Crippen molar-refractivity contribution in [1.82, 2.24) is 0 Å². The van der Waals surface area contributed by atoms with Gasteiger partial charge in [0.05, 0.1) is 0 Å². The van der Waals surface area contributed by atoms with Gasteiger partial charge in [-0.15, -0.1) is 0 Å². The Bertz CT molecular complexity index is 41.2. The molecule has 0 atom stereocenters. The van der Waals surface area contributed by atoms with E-state index in [0.717, 1.165) is 0 Å². The van der Waals surface area contributed by atoms with Crippen LogP contribution in [0.25, 0.3) is 10.4 Å². The van der Waals surface area contributed by atoms with Crippen molar-refractivity contribution in [3.63, 3.8) is 0 Å². The highest BCUT2D eigenvalue weighted by molar-refractivity contribution is 6.05. The summed E-state index contributed by atoms with van der Waals surface area (Å²) in [7, 11) is 0. The van der Waals surface area contributed by atoms with Crippen LogP contribution in [-0.2, 0) is 0 Å². The van der Waals surface area contributed by atoms with Crippen molar-refractivity contribution < 1.29 is 0 Å². The Labute approximate surface area is 31.9 Å². The maximum absolute atomic E-state index is 7.31. The predicted molar refractivity (Wildman–Crippen MR) is 14.9 cm³/mol. The van der Waals surface area contributed by atoms with Crippen LogP contribution in [0.4, 0.5) is 0 Å². The molecule has 2 radical (unpaired) electrons. The molecule has 0 aromatic carbocycles. The first-order chi connectivity index (χ1) is 1.91. The molecule has 0 aliphatic carbocycles. The molecule has 0 bridgehead atoms. The molecule has 0 aromatic rings. The van der Waals surface area contributed by atoms with Gasteiger partial charge < -0.3 is 0 Å². The summed E-state index contributed by atoms with van der Waals surface area (Å²) in [5, 5.41) is 0. The summed E-state index contributed by atoms with van der Waals surface area (Å²) in [6.45, 7) is 0. The first-order valence-electron chi connectivity index (χ1n) is 0.658. The van der Waals surface area contributed by atoms with E-state index in [-0.39, 0.29) is 0 Å². The SMILES string of the molecule is [N-]=[N+]=[N][Al]. The van der Waals surface area contributed by atoms with Crippen LogP contribution in [0.5, 0.6) is 0 Å². The van der Waals surface area contributed by atoms with Crippen LogP contribution < -0.4 is 0 Å². The van der Waals surface area contributed by atoms with Crippen LogP contribution in [0.1, 0.15) is 0 Å². The number of rotatable bonds is 0. The Morgan fingerprint density at radius 2 is 2.25 bits per heavy atom. The van der Waals surface area contributed by atoms with E-state index in [1.54, 1.807) is 0 Å². The topological polar surface area (TPSA) is 48.8 Å². The van der Waals surface area contributed by atoms with Gasteiger partial charge >= 0.3 is 0 Å². The first kappa shape index (κ1) is 3.84. The van der Waals surface area contributed by atoms with Crippen LogP contribution in [-0.4, -0.2) is 16.5 Å². The number of nitrogens with zero attached hydrogens (tertiary/aromatic N) is 3. The van der Waals surface area contributed by atoms with E-state index >= 15 is 0 Å². The Morgan fingerprint density at radius 1 is 2.00 bits per heavy atom. The molecule has 0 N–H and O–H groups in total. The van der Waals surface area contributed by atoms with E-state index in [1.807, 2.05) is 16.5 Å². The van der Waals surface area contributed by atoms with E-state index < -0.39 is 0 Å². The molecule has 0 heterocycles. The zero-order valence-electron chi connectivity index (χ0n) is 1.92. The van der Waals surface area contributed by atoms with E-state index in [4.69, 9.17) is 5.53 Å². The number of azide groups is 1. The molecule has 0 aliphatic rings. The third kappa shape index (κ3) is 1.84. The highest BCUT2D eigenvalue weighted by Gasteiger charge is 1.29. The molecule has 0 aliphatic heterocycles. The fourth-order valence-corrected chi connectivity index (χ4v) is 0. The summed E-state index contributed by atoms with van der Waals surface area (Å²) in [4.78, 5) is 2.32. The first-order valence-corrected chi connectivity index (χ1v) is 1.17. The lowest BCUT2D eigenvalue weighted by atomic mass is 13.0. The highest BCUT2D eigenvalue weighted by Crippen LogP contribution is 1.44. The van der Waals surface area contributed by atoms with Gasteiger partial charge in [-0.1, -0.05) is 0 Å². The summed E-state index contributed by atoms with van der Waals surface area (Å²) >= 11 is 1.86. The average molecular weight is 69.0 g/mol. The Balaban J connectivity index is 3.11. The zero-order chi connectivity index (χ0) is 3.41. The molecule has 0 saturated carbocycles. The van der Waals surface area contributed by atoms with Crippen LogP contribution in [0.3, 0.4) is 0 Å². The van der Waals surface area contributed by atoms with Gasteiger partial charge in [0.2, 0.25) is 0 Å². The third-order valence-electron chi connectivity index (χ3n) is 0.0516. The maximum Gasteiger partial charge on any atom is 0.256 e. The molecule has 0 fully saturated rings. The molecule has 4 heavy (non-hydrogen) atoms. The molecular formula is AlN3. The maximum atomic E-state index is 7.31. The lowest BCUT2D eigenvalue weighted by molar-refractivity contribution is 1.78. The van der Waals surface area contributed by atoms with Gasteiger partial charge in [-0.3, -0.25) is 0 Å². The second kappa shape index (κ2) is 2.84. The van der Waals surface area contributed by atoms with Crippen LogP contribution >= 0.6 is 0 Å². The Kier molecular flexibility index (Phi) is 2.73. The second-order valence-electron chi connectivity index (χ2n) is 0.205. The summed E-state index contributed by atoms with van der Waals surface area (Å²) in [5.41, 5.74) is 7.31. The fourth-order valence-electron chi connectivity index (χ4n) is 0. The molecular weight excluding hydrogens is 69.0 g/mol. The van der Waals surface area contributed by atoms with Gasteiger partial charge in [0.1, 0.15) is 0 Å². The van der Waals surface area contributed by atoms with Crippen LogP contribution in [0.2, 0.25) is 0 Å². The van der Waals surface area contributed by atoms with Crippen molar-refractivity contribution in [2.45, 2.75) is 0 Å². The smallest absolute Gasteiger partial charge is 0.232 e.